The van der Waals surface area contributed by atoms with E-state index in [-0.39, 0.29) is 22.9 Å². The molecule has 1 amide bonds. The summed E-state index contributed by atoms with van der Waals surface area (Å²) < 4.78 is 3.80. The van der Waals surface area contributed by atoms with Crippen molar-refractivity contribution in [2.24, 2.45) is 5.73 Å². The molecule has 0 unspecified atom stereocenters. The van der Waals surface area contributed by atoms with Crippen molar-refractivity contribution in [1.29, 1.82) is 0 Å². The van der Waals surface area contributed by atoms with Crippen LogP contribution in [0.1, 0.15) is 36.1 Å². The number of thiocarbonyl (C=S) groups is 1. The summed E-state index contributed by atoms with van der Waals surface area (Å²) in [4.78, 5) is 12.6. The number of carbonyl (C=O) groups is 1. The van der Waals surface area contributed by atoms with E-state index >= 15 is 0 Å². The van der Waals surface area contributed by atoms with Crippen LogP contribution in [0.25, 0.3) is 0 Å². The average Bonchev–Trinajstić information content (AvgIpc) is 2.61. The Morgan fingerprint density at radius 2 is 2.19 bits per heavy atom. The van der Waals surface area contributed by atoms with Crippen LogP contribution in [0.5, 0.6) is 0 Å². The van der Waals surface area contributed by atoms with Crippen molar-refractivity contribution in [3.05, 3.63) is 10.6 Å². The summed E-state index contributed by atoms with van der Waals surface area (Å²) in [5, 5.41) is 6.60. The van der Waals surface area contributed by atoms with E-state index in [2.05, 4.69) is 27.1 Å². The summed E-state index contributed by atoms with van der Waals surface area (Å²) in [5.41, 5.74) is 5.79. The van der Waals surface area contributed by atoms with Gasteiger partial charge in [-0.25, -0.2) is 0 Å². The lowest BCUT2D eigenvalue weighted by atomic mass is 9.91. The van der Waals surface area contributed by atoms with Crippen molar-refractivity contribution in [2.75, 3.05) is 6.54 Å². The third-order valence-corrected chi connectivity index (χ3v) is 2.70. The lowest BCUT2D eigenvalue weighted by Crippen LogP contribution is -2.33. The van der Waals surface area contributed by atoms with Crippen molar-refractivity contribution in [3.8, 4) is 0 Å². The van der Waals surface area contributed by atoms with Gasteiger partial charge in [-0.05, 0) is 11.5 Å². The Balaban J connectivity index is 2.84. The van der Waals surface area contributed by atoms with Crippen molar-refractivity contribution < 1.29 is 4.79 Å². The van der Waals surface area contributed by atoms with Crippen LogP contribution in [0.15, 0.2) is 0 Å². The molecule has 0 aliphatic carbocycles. The number of rotatable bonds is 3. The predicted molar refractivity (Wildman–Crippen MR) is 67.7 cm³/mol. The molecular weight excluding hydrogens is 244 g/mol. The summed E-state index contributed by atoms with van der Waals surface area (Å²) in [7, 11) is 0. The fraction of sp³-hybridized carbons (Fsp3) is 0.556. The standard InChI is InChI=1S/C9H14N4OS2/c1-9(2,3)7-6(16-13-12-7)8(14)11-4-5(10)15/h4H2,1-3H3,(H2,10,15)(H,11,14). The first-order valence-electron chi connectivity index (χ1n) is 4.71. The quantitative estimate of drug-likeness (QED) is 0.786. The fourth-order valence-corrected chi connectivity index (χ4v) is 1.94. The number of hydrogen-bond donors (Lipinski definition) is 2. The van der Waals surface area contributed by atoms with Gasteiger partial charge in [0, 0.05) is 5.41 Å². The van der Waals surface area contributed by atoms with E-state index in [1.807, 2.05) is 20.8 Å². The van der Waals surface area contributed by atoms with E-state index in [0.29, 0.717) is 10.6 Å². The normalized spacial score (nSPS) is 11.2. The van der Waals surface area contributed by atoms with Gasteiger partial charge in [-0.1, -0.05) is 37.5 Å². The molecule has 1 rings (SSSR count). The van der Waals surface area contributed by atoms with E-state index in [1.165, 1.54) is 0 Å². The lowest BCUT2D eigenvalue weighted by Gasteiger charge is -2.15. The zero-order valence-electron chi connectivity index (χ0n) is 9.40. The van der Waals surface area contributed by atoms with Crippen LogP contribution in [0, 0.1) is 0 Å². The molecule has 16 heavy (non-hydrogen) atoms. The van der Waals surface area contributed by atoms with Crippen LogP contribution < -0.4 is 11.1 Å². The molecule has 0 atom stereocenters. The van der Waals surface area contributed by atoms with Crippen LogP contribution in [0.3, 0.4) is 0 Å². The number of aromatic nitrogens is 2. The van der Waals surface area contributed by atoms with Gasteiger partial charge < -0.3 is 11.1 Å². The van der Waals surface area contributed by atoms with E-state index in [9.17, 15) is 4.79 Å². The first-order valence-corrected chi connectivity index (χ1v) is 5.90. The van der Waals surface area contributed by atoms with Gasteiger partial charge in [-0.2, -0.15) is 0 Å². The molecule has 0 aliphatic rings. The molecule has 0 saturated carbocycles. The van der Waals surface area contributed by atoms with Gasteiger partial charge in [0.05, 0.1) is 17.2 Å². The Hall–Kier alpha value is -1.08. The highest BCUT2D eigenvalue weighted by Gasteiger charge is 2.26. The maximum absolute atomic E-state index is 11.8. The molecular formula is C9H14N4OS2. The van der Waals surface area contributed by atoms with Crippen molar-refractivity contribution >= 4 is 34.6 Å². The van der Waals surface area contributed by atoms with Gasteiger partial charge in [0.15, 0.2) is 0 Å². The molecule has 0 radical (unpaired) electrons. The number of amides is 1. The van der Waals surface area contributed by atoms with Gasteiger partial charge in [0.2, 0.25) is 0 Å². The van der Waals surface area contributed by atoms with E-state index in [4.69, 9.17) is 5.73 Å². The average molecular weight is 258 g/mol. The minimum atomic E-state index is -0.229. The molecule has 88 valence electrons. The third kappa shape index (κ3) is 3.21. The largest absolute Gasteiger partial charge is 0.392 e. The highest BCUT2D eigenvalue weighted by molar-refractivity contribution is 7.80. The highest BCUT2D eigenvalue weighted by atomic mass is 32.1. The van der Waals surface area contributed by atoms with Crippen molar-refractivity contribution in [1.82, 2.24) is 14.9 Å². The lowest BCUT2D eigenvalue weighted by molar-refractivity contribution is 0.0961. The molecule has 1 aromatic rings. The molecule has 3 N–H and O–H groups in total. The van der Waals surface area contributed by atoms with Crippen molar-refractivity contribution in [2.45, 2.75) is 26.2 Å². The smallest absolute Gasteiger partial charge is 0.265 e. The molecule has 5 nitrogen and oxygen atoms in total. The number of carbonyl (C=O) groups excluding carboxylic acids is 1. The summed E-state index contributed by atoms with van der Waals surface area (Å²) in [6, 6.07) is 0. The minimum absolute atomic E-state index is 0.190. The number of nitrogens with two attached hydrogens (primary N) is 1. The number of hydrogen-bond acceptors (Lipinski definition) is 5. The molecule has 0 fully saturated rings. The summed E-state index contributed by atoms with van der Waals surface area (Å²) >= 11 is 5.76. The highest BCUT2D eigenvalue weighted by Crippen LogP contribution is 2.25. The second kappa shape index (κ2) is 4.84. The fourth-order valence-electron chi connectivity index (χ4n) is 1.08. The Bertz CT molecular complexity index is 408. The molecule has 0 aliphatic heterocycles. The van der Waals surface area contributed by atoms with E-state index in [0.717, 1.165) is 11.5 Å². The Morgan fingerprint density at radius 1 is 1.56 bits per heavy atom. The van der Waals surface area contributed by atoms with Gasteiger partial charge in [0.1, 0.15) is 4.88 Å². The maximum atomic E-state index is 11.8. The maximum Gasteiger partial charge on any atom is 0.265 e. The summed E-state index contributed by atoms with van der Waals surface area (Å²) in [5.74, 6) is -0.229. The molecule has 1 heterocycles. The van der Waals surface area contributed by atoms with Crippen molar-refractivity contribution in [3.63, 3.8) is 0 Å². The topological polar surface area (TPSA) is 80.9 Å². The summed E-state index contributed by atoms with van der Waals surface area (Å²) in [6.45, 7) is 6.13. The molecule has 0 saturated heterocycles. The first-order chi connectivity index (χ1) is 7.32. The Kier molecular flexibility index (Phi) is 3.93. The molecule has 1 aromatic heterocycles. The van der Waals surface area contributed by atoms with Crippen LogP contribution >= 0.6 is 23.8 Å². The van der Waals surface area contributed by atoms with Crippen LogP contribution in [-0.4, -0.2) is 27.0 Å². The van der Waals surface area contributed by atoms with E-state index in [1.54, 1.807) is 0 Å². The second-order valence-corrected chi connectivity index (χ2v) is 5.63. The molecule has 0 aromatic carbocycles. The van der Waals surface area contributed by atoms with Gasteiger partial charge in [0.25, 0.3) is 5.91 Å². The minimum Gasteiger partial charge on any atom is -0.392 e. The van der Waals surface area contributed by atoms with Crippen LogP contribution in [0.4, 0.5) is 0 Å². The van der Waals surface area contributed by atoms with Gasteiger partial charge >= 0.3 is 0 Å². The molecule has 7 heteroatoms. The molecule has 0 spiro atoms. The SMILES string of the molecule is CC(C)(C)c1nnsc1C(=O)NCC(N)=S. The monoisotopic (exact) mass is 258 g/mol. The van der Waals surface area contributed by atoms with Crippen LogP contribution in [0.2, 0.25) is 0 Å². The summed E-state index contributed by atoms with van der Waals surface area (Å²) in [6.07, 6.45) is 0. The Morgan fingerprint density at radius 3 is 2.69 bits per heavy atom. The van der Waals surface area contributed by atoms with Gasteiger partial charge in [-0.3, -0.25) is 4.79 Å². The molecule has 0 bridgehead atoms. The number of nitrogens with one attached hydrogen (secondary N) is 1. The zero-order valence-corrected chi connectivity index (χ0v) is 11.0. The van der Waals surface area contributed by atoms with E-state index < -0.39 is 0 Å². The van der Waals surface area contributed by atoms with Crippen LogP contribution in [-0.2, 0) is 5.41 Å². The first kappa shape index (κ1) is 13.0. The Labute approximate surface area is 104 Å². The zero-order chi connectivity index (χ0) is 12.3. The number of nitrogens with zero attached hydrogens (tertiary/aromatic N) is 2. The third-order valence-electron chi connectivity index (χ3n) is 1.83. The van der Waals surface area contributed by atoms with Gasteiger partial charge in [-0.15, -0.1) is 5.10 Å². The second-order valence-electron chi connectivity index (χ2n) is 4.35. The predicted octanol–water partition coefficient (Wildman–Crippen LogP) is 0.852.